The van der Waals surface area contributed by atoms with Gasteiger partial charge in [-0.15, -0.1) is 0 Å². The lowest BCUT2D eigenvalue weighted by Gasteiger charge is -2.36. The highest BCUT2D eigenvalue weighted by Crippen LogP contribution is 2.48. The lowest BCUT2D eigenvalue weighted by molar-refractivity contribution is 0.356. The van der Waals surface area contributed by atoms with Gasteiger partial charge in [0.05, 0.1) is 0 Å². The Morgan fingerprint density at radius 2 is 1.32 bits per heavy atom. The highest BCUT2D eigenvalue weighted by molar-refractivity contribution is 5.34. The van der Waals surface area contributed by atoms with Gasteiger partial charge in [0.1, 0.15) is 0 Å². The van der Waals surface area contributed by atoms with Crippen molar-refractivity contribution in [1.82, 2.24) is 0 Å². The number of hydrogen-bond acceptors (Lipinski definition) is 1. The summed E-state index contributed by atoms with van der Waals surface area (Å²) < 4.78 is 0. The van der Waals surface area contributed by atoms with Gasteiger partial charge in [0.25, 0.3) is 0 Å². The predicted molar refractivity (Wildman–Crippen MR) is 80.0 cm³/mol. The third-order valence-corrected chi connectivity index (χ3v) is 4.60. The molecule has 2 N–H and O–H groups in total. The fraction of sp³-hybridized carbons (Fsp3) is 0.333. The van der Waals surface area contributed by atoms with Crippen LogP contribution < -0.4 is 5.73 Å². The molecule has 0 bridgehead atoms. The van der Waals surface area contributed by atoms with Crippen molar-refractivity contribution in [3.8, 4) is 0 Å². The highest BCUT2D eigenvalue weighted by Gasteiger charge is 2.41. The summed E-state index contributed by atoms with van der Waals surface area (Å²) in [6, 6.07) is 21.5. The molecule has 1 aliphatic rings. The Morgan fingerprint density at radius 3 is 1.89 bits per heavy atom. The van der Waals surface area contributed by atoms with E-state index in [1.807, 2.05) is 0 Å². The van der Waals surface area contributed by atoms with Crippen molar-refractivity contribution < 1.29 is 0 Å². The molecule has 2 aromatic rings. The molecule has 19 heavy (non-hydrogen) atoms. The summed E-state index contributed by atoms with van der Waals surface area (Å²) in [7, 11) is 0. The number of nitrogens with two attached hydrogens (primary N) is 1. The van der Waals surface area contributed by atoms with Crippen LogP contribution in [0.4, 0.5) is 0 Å². The summed E-state index contributed by atoms with van der Waals surface area (Å²) in [5.41, 5.74) is 9.46. The van der Waals surface area contributed by atoms with E-state index in [0.29, 0.717) is 0 Å². The number of rotatable bonds is 3. The second-order valence-corrected chi connectivity index (χ2v) is 5.62. The second kappa shape index (κ2) is 5.18. The van der Waals surface area contributed by atoms with Crippen LogP contribution in [0.2, 0.25) is 0 Å². The van der Waals surface area contributed by atoms with Crippen molar-refractivity contribution in [2.24, 2.45) is 5.73 Å². The van der Waals surface area contributed by atoms with Crippen LogP contribution >= 0.6 is 0 Å². The van der Waals surface area contributed by atoms with Crippen molar-refractivity contribution in [2.75, 3.05) is 0 Å². The Bertz CT molecular complexity index is 512. The summed E-state index contributed by atoms with van der Waals surface area (Å²) >= 11 is 0. The molecular weight excluding hydrogens is 230 g/mol. The van der Waals surface area contributed by atoms with E-state index >= 15 is 0 Å². The van der Waals surface area contributed by atoms with E-state index in [4.69, 9.17) is 5.73 Å². The molecule has 0 saturated heterocycles. The first kappa shape index (κ1) is 12.4. The standard InChI is InChI=1S/C18H21N/c19-17(15-9-3-1-4-10-15)18(13-7-8-14-18)16-11-5-2-6-12-16/h1-6,9-12,17H,7-8,13-14,19H2. The highest BCUT2D eigenvalue weighted by atomic mass is 14.7. The molecule has 1 atom stereocenters. The topological polar surface area (TPSA) is 26.0 Å². The van der Waals surface area contributed by atoms with Gasteiger partial charge in [-0.2, -0.15) is 0 Å². The fourth-order valence-corrected chi connectivity index (χ4v) is 3.53. The first-order valence-corrected chi connectivity index (χ1v) is 7.19. The zero-order chi connectivity index (χ0) is 13.1. The van der Waals surface area contributed by atoms with Crippen molar-refractivity contribution in [3.05, 3.63) is 71.8 Å². The predicted octanol–water partition coefficient (Wildman–Crippen LogP) is 4.20. The molecule has 0 spiro atoms. The Morgan fingerprint density at radius 1 is 0.789 bits per heavy atom. The van der Waals surface area contributed by atoms with Gasteiger partial charge in [0.2, 0.25) is 0 Å². The monoisotopic (exact) mass is 251 g/mol. The SMILES string of the molecule is NC(c1ccccc1)C1(c2ccccc2)CCCC1. The molecule has 1 heteroatoms. The second-order valence-electron chi connectivity index (χ2n) is 5.62. The van der Waals surface area contributed by atoms with Crippen LogP contribution in [0, 0.1) is 0 Å². The smallest absolute Gasteiger partial charge is 0.0393 e. The summed E-state index contributed by atoms with van der Waals surface area (Å²) in [4.78, 5) is 0. The Labute approximate surface area is 115 Å². The van der Waals surface area contributed by atoms with Crippen LogP contribution in [0.5, 0.6) is 0 Å². The van der Waals surface area contributed by atoms with Gasteiger partial charge in [-0.25, -0.2) is 0 Å². The van der Waals surface area contributed by atoms with E-state index < -0.39 is 0 Å². The minimum absolute atomic E-state index is 0.0959. The van der Waals surface area contributed by atoms with Gasteiger partial charge < -0.3 is 5.73 Å². The van der Waals surface area contributed by atoms with E-state index in [1.54, 1.807) is 0 Å². The Kier molecular flexibility index (Phi) is 3.39. The van der Waals surface area contributed by atoms with Gasteiger partial charge in [-0.05, 0) is 24.0 Å². The lowest BCUT2D eigenvalue weighted by Crippen LogP contribution is -2.36. The first-order chi connectivity index (χ1) is 9.33. The van der Waals surface area contributed by atoms with Gasteiger partial charge in [0, 0.05) is 11.5 Å². The molecule has 2 aromatic carbocycles. The van der Waals surface area contributed by atoms with E-state index in [9.17, 15) is 0 Å². The van der Waals surface area contributed by atoms with Crippen molar-refractivity contribution in [1.29, 1.82) is 0 Å². The van der Waals surface area contributed by atoms with Gasteiger partial charge in [-0.1, -0.05) is 73.5 Å². The molecule has 0 aliphatic heterocycles. The summed E-state index contributed by atoms with van der Waals surface area (Å²) in [5.74, 6) is 0. The van der Waals surface area contributed by atoms with E-state index in [2.05, 4.69) is 60.7 Å². The van der Waals surface area contributed by atoms with Crippen molar-refractivity contribution in [3.63, 3.8) is 0 Å². The molecule has 1 nitrogen and oxygen atoms in total. The molecule has 98 valence electrons. The molecule has 1 aliphatic carbocycles. The van der Waals surface area contributed by atoms with Crippen LogP contribution in [0.3, 0.4) is 0 Å². The Balaban J connectivity index is 2.02. The minimum Gasteiger partial charge on any atom is -0.323 e. The van der Waals surface area contributed by atoms with Gasteiger partial charge in [0.15, 0.2) is 0 Å². The maximum atomic E-state index is 6.67. The molecule has 3 rings (SSSR count). The average Bonchev–Trinajstić information content (AvgIpc) is 2.99. The number of benzene rings is 2. The maximum absolute atomic E-state index is 6.67. The largest absolute Gasteiger partial charge is 0.323 e. The van der Waals surface area contributed by atoms with E-state index in [-0.39, 0.29) is 11.5 Å². The van der Waals surface area contributed by atoms with Crippen molar-refractivity contribution >= 4 is 0 Å². The molecule has 0 heterocycles. The molecule has 0 radical (unpaired) electrons. The van der Waals surface area contributed by atoms with Crippen LogP contribution in [0.25, 0.3) is 0 Å². The Hall–Kier alpha value is -1.60. The molecular formula is C18H21N. The third-order valence-electron chi connectivity index (χ3n) is 4.60. The lowest BCUT2D eigenvalue weighted by atomic mass is 9.71. The quantitative estimate of drug-likeness (QED) is 0.869. The maximum Gasteiger partial charge on any atom is 0.0393 e. The molecule has 0 amide bonds. The molecule has 1 fully saturated rings. The summed E-state index contributed by atoms with van der Waals surface area (Å²) in [6.07, 6.45) is 4.98. The van der Waals surface area contributed by atoms with Crippen LogP contribution in [0.1, 0.15) is 42.9 Å². The molecule has 1 saturated carbocycles. The van der Waals surface area contributed by atoms with Gasteiger partial charge in [-0.3, -0.25) is 0 Å². The average molecular weight is 251 g/mol. The zero-order valence-corrected chi connectivity index (χ0v) is 11.3. The normalized spacial score (nSPS) is 19.2. The molecule has 1 unspecified atom stereocenters. The van der Waals surface area contributed by atoms with Gasteiger partial charge >= 0.3 is 0 Å². The molecule has 0 aromatic heterocycles. The van der Waals surface area contributed by atoms with E-state index in [0.717, 1.165) is 0 Å². The zero-order valence-electron chi connectivity index (χ0n) is 11.3. The van der Waals surface area contributed by atoms with Crippen LogP contribution in [0.15, 0.2) is 60.7 Å². The summed E-state index contributed by atoms with van der Waals surface area (Å²) in [6.45, 7) is 0. The van der Waals surface area contributed by atoms with Crippen molar-refractivity contribution in [2.45, 2.75) is 37.1 Å². The van der Waals surface area contributed by atoms with E-state index in [1.165, 1.54) is 36.8 Å². The number of hydrogen-bond donors (Lipinski definition) is 1. The van der Waals surface area contributed by atoms with Crippen LogP contribution in [-0.2, 0) is 5.41 Å². The minimum atomic E-state index is 0.0959. The fourth-order valence-electron chi connectivity index (χ4n) is 3.53. The third kappa shape index (κ3) is 2.19. The van der Waals surface area contributed by atoms with Crippen LogP contribution in [-0.4, -0.2) is 0 Å². The summed E-state index contributed by atoms with van der Waals surface area (Å²) in [5, 5.41) is 0. The first-order valence-electron chi connectivity index (χ1n) is 7.19.